The third-order valence-electron chi connectivity index (χ3n) is 3.41. The van der Waals surface area contributed by atoms with Gasteiger partial charge in [0.25, 0.3) is 0 Å². The predicted octanol–water partition coefficient (Wildman–Crippen LogP) is 0.766. The van der Waals surface area contributed by atoms with E-state index in [2.05, 4.69) is 5.32 Å². The van der Waals surface area contributed by atoms with E-state index in [1.165, 1.54) is 0 Å². The Hall–Kier alpha value is -1.06. The average Bonchev–Trinajstić information content (AvgIpc) is 2.42. The molecule has 2 aliphatic rings. The lowest BCUT2D eigenvalue weighted by Gasteiger charge is -2.34. The highest BCUT2D eigenvalue weighted by Gasteiger charge is 2.41. The summed E-state index contributed by atoms with van der Waals surface area (Å²) in [5.74, 6) is -0.812. The standard InChI is InChI=1S/C10H15NO3/c12-8-5-4-7(11-8)9(10(13)14)6-2-1-3-6/h6-7,9H,1-5H2,(H,11,12)(H,13,14). The van der Waals surface area contributed by atoms with Crippen molar-refractivity contribution in [3.8, 4) is 0 Å². The van der Waals surface area contributed by atoms with Crippen LogP contribution in [-0.2, 0) is 9.59 Å². The number of carboxylic acid groups (broad SMARTS) is 1. The number of hydrogen-bond acceptors (Lipinski definition) is 2. The molecule has 2 rings (SSSR count). The number of rotatable bonds is 3. The van der Waals surface area contributed by atoms with Crippen LogP contribution in [0.2, 0.25) is 0 Å². The highest BCUT2D eigenvalue weighted by atomic mass is 16.4. The van der Waals surface area contributed by atoms with Gasteiger partial charge in [0, 0.05) is 12.5 Å². The lowest BCUT2D eigenvalue weighted by Crippen LogP contribution is -2.43. The van der Waals surface area contributed by atoms with Crippen molar-refractivity contribution < 1.29 is 14.7 Å². The highest BCUT2D eigenvalue weighted by molar-refractivity contribution is 5.80. The van der Waals surface area contributed by atoms with Gasteiger partial charge >= 0.3 is 5.97 Å². The minimum atomic E-state index is -0.748. The topological polar surface area (TPSA) is 66.4 Å². The maximum absolute atomic E-state index is 11.1. The van der Waals surface area contributed by atoms with Crippen LogP contribution in [-0.4, -0.2) is 23.0 Å². The molecule has 4 nitrogen and oxygen atoms in total. The van der Waals surface area contributed by atoms with Crippen molar-refractivity contribution in [3.05, 3.63) is 0 Å². The molecule has 2 unspecified atom stereocenters. The lowest BCUT2D eigenvalue weighted by molar-refractivity contribution is -0.146. The monoisotopic (exact) mass is 197 g/mol. The zero-order chi connectivity index (χ0) is 10.1. The van der Waals surface area contributed by atoms with Crippen molar-refractivity contribution in [2.45, 2.75) is 38.1 Å². The van der Waals surface area contributed by atoms with Crippen LogP contribution in [0.3, 0.4) is 0 Å². The van der Waals surface area contributed by atoms with E-state index in [-0.39, 0.29) is 23.8 Å². The van der Waals surface area contributed by atoms with Gasteiger partial charge < -0.3 is 10.4 Å². The van der Waals surface area contributed by atoms with Crippen molar-refractivity contribution in [1.82, 2.24) is 5.32 Å². The summed E-state index contributed by atoms with van der Waals surface area (Å²) in [5.41, 5.74) is 0. The number of carboxylic acids is 1. The van der Waals surface area contributed by atoms with Gasteiger partial charge in [-0.2, -0.15) is 0 Å². The third kappa shape index (κ3) is 1.61. The maximum atomic E-state index is 11.1. The van der Waals surface area contributed by atoms with Crippen LogP contribution < -0.4 is 5.32 Å². The van der Waals surface area contributed by atoms with E-state index < -0.39 is 5.97 Å². The summed E-state index contributed by atoms with van der Waals surface area (Å²) < 4.78 is 0. The van der Waals surface area contributed by atoms with Gasteiger partial charge in [-0.05, 0) is 25.2 Å². The van der Waals surface area contributed by atoms with E-state index in [9.17, 15) is 9.59 Å². The number of nitrogens with one attached hydrogen (secondary N) is 1. The van der Waals surface area contributed by atoms with Crippen molar-refractivity contribution in [1.29, 1.82) is 0 Å². The fraction of sp³-hybridized carbons (Fsp3) is 0.800. The molecule has 0 aromatic heterocycles. The zero-order valence-electron chi connectivity index (χ0n) is 8.03. The Labute approximate surface area is 82.7 Å². The van der Waals surface area contributed by atoms with Gasteiger partial charge in [-0.3, -0.25) is 9.59 Å². The molecule has 2 N–H and O–H groups in total. The molecule has 1 heterocycles. The highest BCUT2D eigenvalue weighted by Crippen LogP contribution is 2.37. The predicted molar refractivity (Wildman–Crippen MR) is 49.6 cm³/mol. The third-order valence-corrected chi connectivity index (χ3v) is 3.41. The Balaban J connectivity index is 2.02. The first-order chi connectivity index (χ1) is 6.68. The first-order valence-electron chi connectivity index (χ1n) is 5.20. The van der Waals surface area contributed by atoms with E-state index in [1.54, 1.807) is 0 Å². The van der Waals surface area contributed by atoms with Crippen molar-refractivity contribution >= 4 is 11.9 Å². The second kappa shape index (κ2) is 3.59. The number of carbonyl (C=O) groups is 2. The number of hydrogen-bond donors (Lipinski definition) is 2. The van der Waals surface area contributed by atoms with E-state index in [0.717, 1.165) is 19.3 Å². The van der Waals surface area contributed by atoms with Gasteiger partial charge in [0.1, 0.15) is 0 Å². The molecule has 1 aliphatic carbocycles. The van der Waals surface area contributed by atoms with Gasteiger partial charge in [-0.25, -0.2) is 0 Å². The van der Waals surface area contributed by atoms with Gasteiger partial charge in [0.15, 0.2) is 0 Å². The molecule has 2 fully saturated rings. The molecule has 1 amide bonds. The van der Waals surface area contributed by atoms with Crippen LogP contribution in [0, 0.1) is 11.8 Å². The fourth-order valence-corrected chi connectivity index (χ4v) is 2.41. The Bertz CT molecular complexity index is 260. The molecule has 4 heteroatoms. The molecule has 0 aromatic carbocycles. The van der Waals surface area contributed by atoms with Crippen molar-refractivity contribution in [2.24, 2.45) is 11.8 Å². The second-order valence-electron chi connectivity index (χ2n) is 4.27. The van der Waals surface area contributed by atoms with E-state index in [0.29, 0.717) is 12.8 Å². The van der Waals surface area contributed by atoms with Crippen LogP contribution in [0.5, 0.6) is 0 Å². The summed E-state index contributed by atoms with van der Waals surface area (Å²) in [7, 11) is 0. The number of aliphatic carboxylic acids is 1. The number of carbonyl (C=O) groups excluding carboxylic acids is 1. The van der Waals surface area contributed by atoms with Gasteiger partial charge in [-0.1, -0.05) is 6.42 Å². The van der Waals surface area contributed by atoms with Crippen LogP contribution in [0.25, 0.3) is 0 Å². The largest absolute Gasteiger partial charge is 0.481 e. The summed E-state index contributed by atoms with van der Waals surface area (Å²) in [6.07, 6.45) is 4.31. The summed E-state index contributed by atoms with van der Waals surface area (Å²) in [4.78, 5) is 22.1. The molecular weight excluding hydrogens is 182 g/mol. The zero-order valence-corrected chi connectivity index (χ0v) is 8.03. The molecule has 2 atom stereocenters. The fourth-order valence-electron chi connectivity index (χ4n) is 2.41. The molecule has 0 bridgehead atoms. The molecule has 14 heavy (non-hydrogen) atoms. The van der Waals surface area contributed by atoms with Crippen LogP contribution >= 0.6 is 0 Å². The average molecular weight is 197 g/mol. The normalized spacial score (nSPS) is 29.4. The van der Waals surface area contributed by atoms with E-state index >= 15 is 0 Å². The first-order valence-corrected chi connectivity index (χ1v) is 5.20. The van der Waals surface area contributed by atoms with E-state index in [1.807, 2.05) is 0 Å². The first kappa shape index (κ1) is 9.49. The molecule has 1 aliphatic heterocycles. The molecule has 0 aromatic rings. The Morgan fingerprint density at radius 1 is 1.43 bits per heavy atom. The Kier molecular flexibility index (Phi) is 2.44. The SMILES string of the molecule is O=C1CCC(C(C(=O)O)C2CCC2)N1. The lowest BCUT2D eigenvalue weighted by atomic mass is 9.72. The van der Waals surface area contributed by atoms with Crippen LogP contribution in [0.15, 0.2) is 0 Å². The van der Waals surface area contributed by atoms with Crippen LogP contribution in [0.4, 0.5) is 0 Å². The van der Waals surface area contributed by atoms with Crippen molar-refractivity contribution in [2.75, 3.05) is 0 Å². The van der Waals surface area contributed by atoms with E-state index in [4.69, 9.17) is 5.11 Å². The Morgan fingerprint density at radius 2 is 2.14 bits per heavy atom. The van der Waals surface area contributed by atoms with Gasteiger partial charge in [0.2, 0.25) is 5.91 Å². The molecule has 78 valence electrons. The maximum Gasteiger partial charge on any atom is 0.308 e. The number of amides is 1. The minimum Gasteiger partial charge on any atom is -0.481 e. The second-order valence-corrected chi connectivity index (χ2v) is 4.27. The van der Waals surface area contributed by atoms with Crippen LogP contribution in [0.1, 0.15) is 32.1 Å². The summed E-state index contributed by atoms with van der Waals surface area (Å²) in [5, 5.41) is 11.9. The molecule has 0 spiro atoms. The summed E-state index contributed by atoms with van der Waals surface area (Å²) in [6, 6.07) is -0.120. The van der Waals surface area contributed by atoms with Gasteiger partial charge in [-0.15, -0.1) is 0 Å². The summed E-state index contributed by atoms with van der Waals surface area (Å²) >= 11 is 0. The minimum absolute atomic E-state index is 0.000531. The molecule has 1 saturated heterocycles. The van der Waals surface area contributed by atoms with Crippen molar-refractivity contribution in [3.63, 3.8) is 0 Å². The molecule has 0 radical (unpaired) electrons. The smallest absolute Gasteiger partial charge is 0.308 e. The quantitative estimate of drug-likeness (QED) is 0.702. The van der Waals surface area contributed by atoms with Gasteiger partial charge in [0.05, 0.1) is 5.92 Å². The Morgan fingerprint density at radius 3 is 2.50 bits per heavy atom. The molecular formula is C10H15NO3. The molecule has 1 saturated carbocycles. The summed E-state index contributed by atoms with van der Waals surface area (Å²) in [6.45, 7) is 0.